The van der Waals surface area contributed by atoms with Gasteiger partial charge in [-0.3, -0.25) is 10.1 Å². The van der Waals surface area contributed by atoms with E-state index in [1.807, 2.05) is 24.0 Å². The molecule has 0 aliphatic carbocycles. The third kappa shape index (κ3) is 5.68. The van der Waals surface area contributed by atoms with Crippen LogP contribution in [-0.2, 0) is 6.18 Å². The second-order valence-electron chi connectivity index (χ2n) is 7.88. The molecule has 0 unspecified atom stereocenters. The number of rotatable bonds is 4. The van der Waals surface area contributed by atoms with Gasteiger partial charge in [0.15, 0.2) is 5.82 Å². The van der Waals surface area contributed by atoms with Crippen LogP contribution >= 0.6 is 0 Å². The molecule has 2 heterocycles. The van der Waals surface area contributed by atoms with Gasteiger partial charge in [0, 0.05) is 37.9 Å². The first-order valence-electron chi connectivity index (χ1n) is 10.8. The number of piperazine rings is 1. The van der Waals surface area contributed by atoms with Gasteiger partial charge in [-0.15, -0.1) is 10.2 Å². The first-order valence-corrected chi connectivity index (χ1v) is 10.8. The maximum atomic E-state index is 13.3. The van der Waals surface area contributed by atoms with Crippen molar-refractivity contribution in [2.75, 3.05) is 36.4 Å². The minimum absolute atomic E-state index is 0.0115. The normalized spacial score (nSPS) is 13.9. The number of para-hydroxylation sites is 1. The van der Waals surface area contributed by atoms with Crippen molar-refractivity contribution in [2.24, 2.45) is 0 Å². The number of ether oxygens (including phenoxy) is 1. The van der Waals surface area contributed by atoms with Crippen molar-refractivity contribution in [3.63, 3.8) is 0 Å². The molecule has 2 aromatic carbocycles. The fraction of sp³-hybridized carbons (Fsp3) is 0.250. The fourth-order valence-electron chi connectivity index (χ4n) is 3.71. The van der Waals surface area contributed by atoms with Gasteiger partial charge >= 0.3 is 12.3 Å². The highest BCUT2D eigenvalue weighted by atomic mass is 19.4. The van der Waals surface area contributed by atoms with E-state index >= 15 is 0 Å². The van der Waals surface area contributed by atoms with Crippen molar-refractivity contribution in [3.8, 4) is 5.88 Å². The maximum absolute atomic E-state index is 13.3. The number of nitrogens with one attached hydrogen (secondary N) is 1. The van der Waals surface area contributed by atoms with E-state index in [2.05, 4.69) is 15.5 Å². The maximum Gasteiger partial charge on any atom is 0.418 e. The van der Waals surface area contributed by atoms with Crippen molar-refractivity contribution < 1.29 is 27.5 Å². The number of nitrogens with zero attached hydrogens (tertiary/aromatic N) is 4. The summed E-state index contributed by atoms with van der Waals surface area (Å²) < 4.78 is 45.0. The van der Waals surface area contributed by atoms with Gasteiger partial charge in [0.05, 0.1) is 11.1 Å². The summed E-state index contributed by atoms with van der Waals surface area (Å²) in [6.07, 6.45) is -5.31. The van der Waals surface area contributed by atoms with Crippen LogP contribution in [0.4, 0.5) is 29.5 Å². The van der Waals surface area contributed by atoms with Gasteiger partial charge in [-0.1, -0.05) is 30.3 Å². The molecule has 182 valence electrons. The summed E-state index contributed by atoms with van der Waals surface area (Å²) in [7, 11) is 0. The van der Waals surface area contributed by atoms with Crippen molar-refractivity contribution in [1.82, 2.24) is 15.1 Å². The van der Waals surface area contributed by atoms with Crippen LogP contribution in [0.3, 0.4) is 0 Å². The molecule has 3 aromatic rings. The van der Waals surface area contributed by atoms with Gasteiger partial charge < -0.3 is 14.5 Å². The highest BCUT2D eigenvalue weighted by molar-refractivity contribution is 5.96. The molecule has 8 nitrogen and oxygen atoms in total. The number of aryl methyl sites for hydroxylation is 1. The zero-order valence-electron chi connectivity index (χ0n) is 18.7. The smallest absolute Gasteiger partial charge is 0.389 e. The molecule has 2 amide bonds. The van der Waals surface area contributed by atoms with E-state index in [4.69, 9.17) is 4.74 Å². The standard InChI is InChI=1S/C24H22F3N5O3/c1-16-6-2-5-9-19(16)28-23(34)35-21-11-10-20(29-30-21)31-12-14-32(15-13-31)22(33)17-7-3-4-8-18(17)24(25,26)27/h2-11H,12-15H2,1H3,(H,28,34). The number of halogens is 3. The second-order valence-corrected chi connectivity index (χ2v) is 7.88. The highest BCUT2D eigenvalue weighted by Crippen LogP contribution is 2.32. The topological polar surface area (TPSA) is 87.7 Å². The number of carbonyl (C=O) groups excluding carboxylic acids is 2. The minimum Gasteiger partial charge on any atom is -0.389 e. The quantitative estimate of drug-likeness (QED) is 0.590. The predicted molar refractivity (Wildman–Crippen MR) is 122 cm³/mol. The molecule has 4 rings (SSSR count). The SMILES string of the molecule is Cc1ccccc1NC(=O)Oc1ccc(N2CCN(C(=O)c3ccccc3C(F)(F)F)CC2)nn1. The molecule has 11 heteroatoms. The van der Waals surface area contributed by atoms with Crippen LogP contribution in [0.2, 0.25) is 0 Å². The lowest BCUT2D eigenvalue weighted by Gasteiger charge is -2.35. The van der Waals surface area contributed by atoms with Crippen LogP contribution in [0.5, 0.6) is 5.88 Å². The van der Waals surface area contributed by atoms with E-state index in [1.54, 1.807) is 18.2 Å². The Morgan fingerprint density at radius 2 is 1.60 bits per heavy atom. The summed E-state index contributed by atoms with van der Waals surface area (Å²) in [6, 6.07) is 15.1. The number of aromatic nitrogens is 2. The van der Waals surface area contributed by atoms with Crippen molar-refractivity contribution in [2.45, 2.75) is 13.1 Å². The van der Waals surface area contributed by atoms with Crippen molar-refractivity contribution >= 4 is 23.5 Å². The van der Waals surface area contributed by atoms with E-state index in [9.17, 15) is 22.8 Å². The van der Waals surface area contributed by atoms with Crippen molar-refractivity contribution in [3.05, 3.63) is 77.4 Å². The molecule has 1 aliphatic rings. The Hall–Kier alpha value is -4.15. The molecule has 0 spiro atoms. The van der Waals surface area contributed by atoms with E-state index in [0.717, 1.165) is 11.6 Å². The Morgan fingerprint density at radius 1 is 0.914 bits per heavy atom. The van der Waals surface area contributed by atoms with Crippen LogP contribution in [0.25, 0.3) is 0 Å². The minimum atomic E-state index is -4.61. The number of benzene rings is 2. The number of hydrogen-bond acceptors (Lipinski definition) is 6. The third-order valence-corrected chi connectivity index (χ3v) is 5.56. The molecule has 0 atom stereocenters. The van der Waals surface area contributed by atoms with Gasteiger partial charge in [0.25, 0.3) is 5.91 Å². The van der Waals surface area contributed by atoms with Gasteiger partial charge in [0.1, 0.15) is 0 Å². The van der Waals surface area contributed by atoms with E-state index in [0.29, 0.717) is 24.6 Å². The largest absolute Gasteiger partial charge is 0.418 e. The van der Waals surface area contributed by atoms with Gasteiger partial charge in [-0.05, 0) is 36.8 Å². The Bertz CT molecular complexity index is 1210. The highest BCUT2D eigenvalue weighted by Gasteiger charge is 2.36. The molecule has 0 bridgehead atoms. The Kier molecular flexibility index (Phi) is 6.85. The molecule has 0 radical (unpaired) electrons. The van der Waals surface area contributed by atoms with E-state index in [-0.39, 0.29) is 24.5 Å². The van der Waals surface area contributed by atoms with Gasteiger partial charge in [-0.2, -0.15) is 13.2 Å². The zero-order valence-corrected chi connectivity index (χ0v) is 18.7. The summed E-state index contributed by atoms with van der Waals surface area (Å²) in [4.78, 5) is 28.1. The van der Waals surface area contributed by atoms with Crippen LogP contribution in [0, 0.1) is 6.92 Å². The molecule has 35 heavy (non-hydrogen) atoms. The molecular formula is C24H22F3N5O3. The lowest BCUT2D eigenvalue weighted by Crippen LogP contribution is -2.49. The summed E-state index contributed by atoms with van der Waals surface area (Å²) in [5.74, 6) is -0.149. The van der Waals surface area contributed by atoms with E-state index < -0.39 is 23.7 Å². The summed E-state index contributed by atoms with van der Waals surface area (Å²) in [5.41, 5.74) is 0.191. The number of amides is 2. The molecular weight excluding hydrogens is 463 g/mol. The third-order valence-electron chi connectivity index (χ3n) is 5.56. The van der Waals surface area contributed by atoms with Crippen LogP contribution in [0.1, 0.15) is 21.5 Å². The fourth-order valence-corrected chi connectivity index (χ4v) is 3.71. The van der Waals surface area contributed by atoms with Crippen LogP contribution in [0.15, 0.2) is 60.7 Å². The first kappa shape index (κ1) is 24.0. The average molecular weight is 485 g/mol. The molecule has 1 N–H and O–H groups in total. The number of carbonyl (C=O) groups is 2. The zero-order chi connectivity index (χ0) is 25.0. The summed E-state index contributed by atoms with van der Waals surface area (Å²) >= 11 is 0. The van der Waals surface area contributed by atoms with Crippen molar-refractivity contribution in [1.29, 1.82) is 0 Å². The number of hydrogen-bond donors (Lipinski definition) is 1. The average Bonchev–Trinajstić information content (AvgIpc) is 2.85. The summed E-state index contributed by atoms with van der Waals surface area (Å²) in [6.45, 7) is 3.03. The molecule has 1 aliphatic heterocycles. The molecule has 1 saturated heterocycles. The second kappa shape index (κ2) is 10.00. The molecule has 1 aromatic heterocycles. The number of alkyl halides is 3. The Labute approximate surface area is 199 Å². The summed E-state index contributed by atoms with van der Waals surface area (Å²) in [5, 5.41) is 10.6. The van der Waals surface area contributed by atoms with Gasteiger partial charge in [-0.25, -0.2) is 4.79 Å². The van der Waals surface area contributed by atoms with Crippen LogP contribution < -0.4 is 15.0 Å². The Morgan fingerprint density at radius 3 is 2.26 bits per heavy atom. The Balaban J connectivity index is 1.33. The van der Waals surface area contributed by atoms with Gasteiger partial charge in [0.2, 0.25) is 5.88 Å². The predicted octanol–water partition coefficient (Wildman–Crippen LogP) is 4.38. The number of anilines is 2. The lowest BCUT2D eigenvalue weighted by molar-refractivity contribution is -0.138. The lowest BCUT2D eigenvalue weighted by atomic mass is 10.1. The van der Waals surface area contributed by atoms with Crippen LogP contribution in [-0.4, -0.2) is 53.3 Å². The first-order chi connectivity index (χ1) is 16.7. The molecule has 0 saturated carbocycles. The molecule has 1 fully saturated rings. The monoisotopic (exact) mass is 485 g/mol. The van der Waals surface area contributed by atoms with E-state index in [1.165, 1.54) is 29.2 Å².